The van der Waals surface area contributed by atoms with Crippen molar-refractivity contribution >= 4 is 31.8 Å². The van der Waals surface area contributed by atoms with E-state index in [0.717, 1.165) is 11.5 Å². The van der Waals surface area contributed by atoms with Crippen LogP contribution in [0.3, 0.4) is 0 Å². The summed E-state index contributed by atoms with van der Waals surface area (Å²) in [6, 6.07) is 27.2. The van der Waals surface area contributed by atoms with Gasteiger partial charge in [0.05, 0.1) is 14.2 Å². The molecule has 4 aromatic rings. The van der Waals surface area contributed by atoms with Gasteiger partial charge in [-0.25, -0.2) is 24.3 Å². The van der Waals surface area contributed by atoms with Crippen molar-refractivity contribution in [2.75, 3.05) is 14.2 Å². The number of rotatable bonds is 7. The van der Waals surface area contributed by atoms with Crippen LogP contribution >= 0.6 is 15.8 Å². The van der Waals surface area contributed by atoms with Gasteiger partial charge in [0.25, 0.3) is 0 Å². The number of methoxy groups -OCH3 is 2. The normalized spacial score (nSPS) is 13.7. The third-order valence-corrected chi connectivity index (χ3v) is 16.6. The number of ether oxygens (including phenoxy) is 2. The standard InChI is InChI=1S/C45H71O2P2.C5H5.Fe/c1-29(49(44(14,15)16)45(17,18)19)32-23-22-24-37(32)48(30-25-33(40(2,3)4)38(46-20)34(26-30)41(5,6)7)31-27-35(42(8,9)10)39(47-21)36(28-31)43(11,12)13;1-2-4-5-3-1;/h22-29H,1-21H3;1-5H;/q2*-1;+2/t29-;;/m1../s1. The van der Waals surface area contributed by atoms with Gasteiger partial charge in [-0.2, -0.15) is 24.3 Å². The Morgan fingerprint density at radius 3 is 1.11 bits per heavy atom. The second kappa shape index (κ2) is 17.9. The summed E-state index contributed by atoms with van der Waals surface area (Å²) in [5.74, 6) is 2.05. The summed E-state index contributed by atoms with van der Waals surface area (Å²) in [4.78, 5) is 0. The van der Waals surface area contributed by atoms with Crippen LogP contribution in [0.1, 0.15) is 165 Å². The maximum Gasteiger partial charge on any atom is 2.00 e. The molecule has 0 radical (unpaired) electrons. The average Bonchev–Trinajstić information content (AvgIpc) is 3.73. The Morgan fingerprint density at radius 1 is 0.545 bits per heavy atom. The van der Waals surface area contributed by atoms with E-state index >= 15 is 0 Å². The molecule has 0 aromatic heterocycles. The van der Waals surface area contributed by atoms with Crippen LogP contribution in [0.25, 0.3) is 0 Å². The first-order valence-electron chi connectivity index (χ1n) is 19.9. The molecule has 0 N–H and O–H groups in total. The van der Waals surface area contributed by atoms with Crippen LogP contribution in [-0.2, 0) is 38.7 Å². The van der Waals surface area contributed by atoms with E-state index < -0.39 is 7.92 Å². The van der Waals surface area contributed by atoms with Crippen molar-refractivity contribution in [3.8, 4) is 11.5 Å². The molecule has 1 atom stereocenters. The molecule has 0 saturated heterocycles. The topological polar surface area (TPSA) is 18.5 Å². The van der Waals surface area contributed by atoms with Gasteiger partial charge in [0.15, 0.2) is 0 Å². The molecule has 0 heterocycles. The Hall–Kier alpha value is -1.88. The van der Waals surface area contributed by atoms with E-state index in [2.05, 4.69) is 174 Å². The Balaban J connectivity index is 0.00000161. The van der Waals surface area contributed by atoms with Crippen molar-refractivity contribution in [2.24, 2.45) is 0 Å². The first-order chi connectivity index (χ1) is 24.5. The minimum absolute atomic E-state index is 0. The maximum absolute atomic E-state index is 6.28. The van der Waals surface area contributed by atoms with Crippen molar-refractivity contribution in [1.82, 2.24) is 0 Å². The summed E-state index contributed by atoms with van der Waals surface area (Å²) in [5.41, 5.74) is 6.68. The largest absolute Gasteiger partial charge is 2.00 e. The minimum atomic E-state index is -0.948. The number of hydrogen-bond acceptors (Lipinski definition) is 2. The summed E-state index contributed by atoms with van der Waals surface area (Å²) in [5, 5.41) is 4.69. The van der Waals surface area contributed by atoms with Gasteiger partial charge < -0.3 is 9.47 Å². The molecule has 55 heavy (non-hydrogen) atoms. The van der Waals surface area contributed by atoms with Gasteiger partial charge in [-0.3, -0.25) is 0 Å². The SMILES string of the molecule is COc1c(C(C)(C)C)cc(P(c2cc(C(C)(C)C)c(OC)c(C(C)(C)C)c2)c2ccc[c-]2[C@@H](C)P(C(C)(C)C)C(C)(C)C)cc1C(C)(C)C.[Fe+2].c1cc[cH-]c1. The summed E-state index contributed by atoms with van der Waals surface area (Å²) in [7, 11) is 2.36. The van der Waals surface area contributed by atoms with Gasteiger partial charge in [-0.1, -0.05) is 132 Å². The van der Waals surface area contributed by atoms with Gasteiger partial charge in [0, 0.05) is 22.3 Å². The quantitative estimate of drug-likeness (QED) is 0.105. The first kappa shape index (κ1) is 49.3. The van der Waals surface area contributed by atoms with E-state index in [-0.39, 0.29) is 57.0 Å². The zero-order chi connectivity index (χ0) is 41.4. The molecule has 0 amide bonds. The second-order valence-electron chi connectivity index (χ2n) is 21.2. The molecule has 0 saturated carbocycles. The van der Waals surface area contributed by atoms with Crippen LogP contribution in [0.15, 0.2) is 72.8 Å². The zero-order valence-electron chi connectivity index (χ0n) is 38.6. The Bertz CT molecular complexity index is 1620. The van der Waals surface area contributed by atoms with E-state index in [4.69, 9.17) is 9.47 Å². The van der Waals surface area contributed by atoms with Crippen molar-refractivity contribution in [2.45, 2.75) is 169 Å². The summed E-state index contributed by atoms with van der Waals surface area (Å²) in [6.45, 7) is 45.1. The molecule has 4 rings (SSSR count). The van der Waals surface area contributed by atoms with Crippen LogP contribution in [0.2, 0.25) is 0 Å². The zero-order valence-corrected chi connectivity index (χ0v) is 41.5. The molecule has 306 valence electrons. The molecular weight excluding hydrogens is 750 g/mol. The first-order valence-corrected chi connectivity index (χ1v) is 22.7. The fourth-order valence-electron chi connectivity index (χ4n) is 8.19. The average molecular weight is 827 g/mol. The van der Waals surface area contributed by atoms with E-state index in [1.807, 2.05) is 44.6 Å². The van der Waals surface area contributed by atoms with Crippen LogP contribution in [0.5, 0.6) is 11.5 Å². The molecule has 0 unspecified atom stereocenters. The van der Waals surface area contributed by atoms with Crippen molar-refractivity contribution in [3.63, 3.8) is 0 Å². The van der Waals surface area contributed by atoms with Crippen LogP contribution in [0.4, 0.5) is 0 Å². The molecule has 4 aromatic carbocycles. The molecule has 0 spiro atoms. The second-order valence-corrected chi connectivity index (χ2v) is 27.6. The number of hydrogen-bond donors (Lipinski definition) is 0. The van der Waals surface area contributed by atoms with Crippen LogP contribution in [-0.4, -0.2) is 24.5 Å². The molecule has 0 aliphatic heterocycles. The van der Waals surface area contributed by atoms with Gasteiger partial charge in [0.1, 0.15) is 11.5 Å². The van der Waals surface area contributed by atoms with E-state index in [9.17, 15) is 0 Å². The van der Waals surface area contributed by atoms with Gasteiger partial charge in [-0.15, -0.1) is 18.8 Å². The molecule has 0 bridgehead atoms. The molecule has 0 fully saturated rings. The molecule has 5 heteroatoms. The van der Waals surface area contributed by atoms with Crippen LogP contribution in [0, 0.1) is 0 Å². The summed E-state index contributed by atoms with van der Waals surface area (Å²) in [6.07, 6.45) is 0. The van der Waals surface area contributed by atoms with Gasteiger partial charge in [-0.05, 0) is 80.4 Å². The number of benzene rings is 2. The van der Waals surface area contributed by atoms with Gasteiger partial charge in [0.2, 0.25) is 0 Å². The Labute approximate surface area is 352 Å². The molecule has 0 aliphatic rings. The fraction of sp³-hybridized carbons (Fsp3) is 0.560. The van der Waals surface area contributed by atoms with E-state index in [1.54, 1.807) is 0 Å². The molecule has 0 aliphatic carbocycles. The predicted octanol–water partition coefficient (Wildman–Crippen LogP) is 13.9. The molecular formula is C50H76FeO2P2. The van der Waals surface area contributed by atoms with E-state index in [0.29, 0.717) is 5.66 Å². The summed E-state index contributed by atoms with van der Waals surface area (Å²) < 4.78 is 12.6. The van der Waals surface area contributed by atoms with Gasteiger partial charge >= 0.3 is 17.1 Å². The van der Waals surface area contributed by atoms with Crippen molar-refractivity contribution in [3.05, 3.63) is 101 Å². The monoisotopic (exact) mass is 826 g/mol. The van der Waals surface area contributed by atoms with Crippen molar-refractivity contribution < 1.29 is 26.5 Å². The summed E-state index contributed by atoms with van der Waals surface area (Å²) >= 11 is 0. The van der Waals surface area contributed by atoms with E-state index in [1.165, 1.54) is 43.7 Å². The predicted molar refractivity (Wildman–Crippen MR) is 246 cm³/mol. The fourth-order valence-corrected chi connectivity index (χ4v) is 15.8. The van der Waals surface area contributed by atoms with Crippen molar-refractivity contribution in [1.29, 1.82) is 0 Å². The minimum Gasteiger partial charge on any atom is -0.496 e. The third kappa shape index (κ3) is 11.8. The smallest absolute Gasteiger partial charge is 0.496 e. The van der Waals surface area contributed by atoms with Crippen LogP contribution < -0.4 is 25.4 Å². The Morgan fingerprint density at radius 2 is 0.873 bits per heavy atom. The maximum atomic E-state index is 6.28. The Kier molecular flexibility index (Phi) is 16.1. The third-order valence-electron chi connectivity index (χ3n) is 10.2. The molecule has 2 nitrogen and oxygen atoms in total.